The van der Waals surface area contributed by atoms with E-state index in [1.807, 2.05) is 24.3 Å². The van der Waals surface area contributed by atoms with Crippen LogP contribution in [-0.4, -0.2) is 101 Å². The molecule has 1 heterocycles. The number of anilines is 1. The molecular formula is C23H37N5O6. The number of carboxylic acid groups (broad SMARTS) is 3. The highest BCUT2D eigenvalue weighted by Gasteiger charge is 2.59. The molecule has 0 spiro atoms. The van der Waals surface area contributed by atoms with Crippen molar-refractivity contribution in [1.82, 2.24) is 20.4 Å². The molecule has 1 aliphatic heterocycles. The molecule has 0 atom stereocenters. The summed E-state index contributed by atoms with van der Waals surface area (Å²) in [7, 11) is 0. The second kappa shape index (κ2) is 13.9. The summed E-state index contributed by atoms with van der Waals surface area (Å²) in [5, 5.41) is 35.7. The highest BCUT2D eigenvalue weighted by molar-refractivity contribution is 6.21. The number of rotatable bonds is 6. The molecule has 0 bridgehead atoms. The number of carbonyl (C=O) groups is 3. The Morgan fingerprint density at radius 3 is 1.79 bits per heavy atom. The number of aliphatic carboxylic acids is 3. The summed E-state index contributed by atoms with van der Waals surface area (Å²) in [6, 6.07) is 7.58. The number of hydrogen-bond donors (Lipinski definition) is 6. The van der Waals surface area contributed by atoms with Crippen LogP contribution in [0.5, 0.6) is 0 Å². The summed E-state index contributed by atoms with van der Waals surface area (Å²) in [6.07, 6.45) is 2.68. The molecule has 1 fully saturated rings. The number of nitrogen functional groups attached to an aromatic ring is 1. The highest BCUT2D eigenvalue weighted by atomic mass is 16.4. The van der Waals surface area contributed by atoms with Gasteiger partial charge in [0, 0.05) is 25.3 Å². The van der Waals surface area contributed by atoms with E-state index in [4.69, 9.17) is 5.73 Å². The lowest BCUT2D eigenvalue weighted by Crippen LogP contribution is -2.66. The van der Waals surface area contributed by atoms with Crippen molar-refractivity contribution in [2.24, 2.45) is 0 Å². The molecule has 1 saturated heterocycles. The molecule has 0 amide bonds. The maximum Gasteiger partial charge on any atom is 0.347 e. The van der Waals surface area contributed by atoms with E-state index in [1.165, 1.54) is 0 Å². The third kappa shape index (κ3) is 7.66. The topological polar surface area (TPSA) is 168 Å². The summed E-state index contributed by atoms with van der Waals surface area (Å²) in [6.45, 7) is 5.11. The first-order valence-electron chi connectivity index (χ1n) is 11.7. The third-order valence-electron chi connectivity index (χ3n) is 6.01. The van der Waals surface area contributed by atoms with Gasteiger partial charge in [0.1, 0.15) is 0 Å². The van der Waals surface area contributed by atoms with Gasteiger partial charge in [-0.2, -0.15) is 0 Å². The molecule has 0 saturated carbocycles. The zero-order chi connectivity index (χ0) is 25.0. The molecule has 0 unspecified atom stereocenters. The van der Waals surface area contributed by atoms with E-state index in [9.17, 15) is 29.7 Å². The van der Waals surface area contributed by atoms with Gasteiger partial charge in [0.2, 0.25) is 0 Å². The van der Waals surface area contributed by atoms with E-state index < -0.39 is 23.4 Å². The molecule has 34 heavy (non-hydrogen) atoms. The van der Waals surface area contributed by atoms with Gasteiger partial charge in [-0.25, -0.2) is 14.4 Å². The molecule has 0 aromatic heterocycles. The van der Waals surface area contributed by atoms with Crippen LogP contribution in [0.25, 0.3) is 0 Å². The van der Waals surface area contributed by atoms with Gasteiger partial charge in [0.15, 0.2) is 0 Å². The van der Waals surface area contributed by atoms with E-state index in [2.05, 4.69) is 15.5 Å². The molecule has 1 aliphatic rings. The van der Waals surface area contributed by atoms with Crippen LogP contribution in [0.3, 0.4) is 0 Å². The van der Waals surface area contributed by atoms with Crippen LogP contribution in [0.15, 0.2) is 24.3 Å². The SMILES string of the molecule is Nc1ccc(CN2CCCNCCCNCCCN(C(C(=O)O)(C(=O)O)C(=O)O)CCC2)cc1. The standard InChI is InChI=1S/C23H37N5O6/c24-19-7-5-18(6-8-19)17-27-13-2-11-25-9-1-10-26-12-3-15-28(16-4-14-27)23(20(29)30,21(31)32)22(33)34/h5-8,25-26H,1-4,9-17,24H2,(H,29,30)(H,31,32)(H,33,34). The molecule has 2 rings (SSSR count). The zero-order valence-electron chi connectivity index (χ0n) is 19.5. The Bertz CT molecular complexity index is 768. The van der Waals surface area contributed by atoms with E-state index in [-0.39, 0.29) is 13.1 Å². The van der Waals surface area contributed by atoms with E-state index in [0.29, 0.717) is 38.2 Å². The van der Waals surface area contributed by atoms with Crippen LogP contribution in [0.2, 0.25) is 0 Å². The Hall–Kier alpha value is -2.73. The Labute approximate surface area is 199 Å². The van der Waals surface area contributed by atoms with Crippen LogP contribution < -0.4 is 16.4 Å². The normalized spacial score (nSPS) is 18.8. The van der Waals surface area contributed by atoms with Crippen molar-refractivity contribution in [2.75, 3.05) is 58.1 Å². The smallest absolute Gasteiger partial charge is 0.347 e. The molecule has 190 valence electrons. The molecular weight excluding hydrogens is 442 g/mol. The van der Waals surface area contributed by atoms with Crippen molar-refractivity contribution in [2.45, 2.75) is 37.8 Å². The second-order valence-electron chi connectivity index (χ2n) is 8.54. The van der Waals surface area contributed by atoms with Crippen molar-refractivity contribution in [3.63, 3.8) is 0 Å². The van der Waals surface area contributed by atoms with E-state index in [0.717, 1.165) is 49.5 Å². The minimum Gasteiger partial charge on any atom is -0.479 e. The largest absolute Gasteiger partial charge is 0.479 e. The van der Waals surface area contributed by atoms with Crippen LogP contribution in [0.1, 0.15) is 31.2 Å². The zero-order valence-corrected chi connectivity index (χ0v) is 19.5. The van der Waals surface area contributed by atoms with Crippen LogP contribution >= 0.6 is 0 Å². The molecule has 1 aromatic carbocycles. The average Bonchev–Trinajstić information content (AvgIpc) is 2.77. The van der Waals surface area contributed by atoms with Gasteiger partial charge in [0.25, 0.3) is 0 Å². The Kier molecular flexibility index (Phi) is 11.2. The minimum absolute atomic E-state index is 0.0292. The van der Waals surface area contributed by atoms with Gasteiger partial charge in [-0.1, -0.05) is 12.1 Å². The number of hydrogen-bond acceptors (Lipinski definition) is 8. The summed E-state index contributed by atoms with van der Waals surface area (Å²) in [5.41, 5.74) is 4.52. The fraction of sp³-hybridized carbons (Fsp3) is 0.609. The lowest BCUT2D eigenvalue weighted by atomic mass is 9.96. The molecule has 0 radical (unpaired) electrons. The van der Waals surface area contributed by atoms with Gasteiger partial charge in [-0.3, -0.25) is 9.80 Å². The summed E-state index contributed by atoms with van der Waals surface area (Å²) < 4.78 is 0. The van der Waals surface area contributed by atoms with Gasteiger partial charge < -0.3 is 31.7 Å². The monoisotopic (exact) mass is 479 g/mol. The molecule has 11 heteroatoms. The van der Waals surface area contributed by atoms with Crippen molar-refractivity contribution in [3.8, 4) is 0 Å². The van der Waals surface area contributed by atoms with Crippen molar-refractivity contribution >= 4 is 23.6 Å². The Morgan fingerprint density at radius 1 is 0.765 bits per heavy atom. The van der Waals surface area contributed by atoms with Crippen LogP contribution in [0, 0.1) is 0 Å². The van der Waals surface area contributed by atoms with Crippen molar-refractivity contribution in [1.29, 1.82) is 0 Å². The average molecular weight is 480 g/mol. The number of nitrogens with one attached hydrogen (secondary N) is 2. The maximum absolute atomic E-state index is 11.9. The van der Waals surface area contributed by atoms with Crippen LogP contribution in [-0.2, 0) is 20.9 Å². The van der Waals surface area contributed by atoms with Crippen molar-refractivity contribution < 1.29 is 29.7 Å². The number of nitrogens with zero attached hydrogens (tertiary/aromatic N) is 2. The first-order valence-corrected chi connectivity index (χ1v) is 11.7. The summed E-state index contributed by atoms with van der Waals surface area (Å²) in [4.78, 5) is 39.1. The highest BCUT2D eigenvalue weighted by Crippen LogP contribution is 2.20. The predicted molar refractivity (Wildman–Crippen MR) is 128 cm³/mol. The summed E-state index contributed by atoms with van der Waals surface area (Å²) >= 11 is 0. The Morgan fingerprint density at radius 2 is 1.24 bits per heavy atom. The van der Waals surface area contributed by atoms with Crippen LogP contribution in [0.4, 0.5) is 5.69 Å². The van der Waals surface area contributed by atoms with Gasteiger partial charge >= 0.3 is 23.4 Å². The molecule has 0 aliphatic carbocycles. The third-order valence-corrected chi connectivity index (χ3v) is 6.01. The van der Waals surface area contributed by atoms with E-state index in [1.54, 1.807) is 0 Å². The number of benzene rings is 1. The first kappa shape index (κ1) is 27.5. The Balaban J connectivity index is 2.19. The lowest BCUT2D eigenvalue weighted by molar-refractivity contribution is -0.179. The lowest BCUT2D eigenvalue weighted by Gasteiger charge is -2.34. The molecule has 11 nitrogen and oxygen atoms in total. The predicted octanol–water partition coefficient (Wildman–Crippen LogP) is 0.119. The fourth-order valence-electron chi connectivity index (χ4n) is 4.17. The molecule has 1 aromatic rings. The fourth-order valence-corrected chi connectivity index (χ4v) is 4.17. The first-order chi connectivity index (χ1) is 16.3. The van der Waals surface area contributed by atoms with Gasteiger partial charge in [-0.05, 0) is 82.6 Å². The van der Waals surface area contributed by atoms with Gasteiger partial charge in [0.05, 0.1) is 0 Å². The second-order valence-corrected chi connectivity index (χ2v) is 8.54. The number of carboxylic acids is 3. The van der Waals surface area contributed by atoms with Gasteiger partial charge in [-0.15, -0.1) is 0 Å². The molecule has 7 N–H and O–H groups in total. The maximum atomic E-state index is 11.9. The van der Waals surface area contributed by atoms with E-state index >= 15 is 0 Å². The number of nitrogens with two attached hydrogens (primary N) is 1. The minimum atomic E-state index is -3.02. The quantitative estimate of drug-likeness (QED) is 0.242. The summed E-state index contributed by atoms with van der Waals surface area (Å²) in [5.74, 6) is -5.67. The van der Waals surface area contributed by atoms with Crippen molar-refractivity contribution in [3.05, 3.63) is 29.8 Å².